The molecule has 0 saturated carbocycles. The lowest BCUT2D eigenvalue weighted by molar-refractivity contribution is -0.132. The molecule has 0 aromatic heterocycles. The molecule has 0 spiro atoms. The number of amides is 3. The number of aldehydes is 1. The van der Waals surface area contributed by atoms with Gasteiger partial charge in [0.15, 0.2) is 0 Å². The van der Waals surface area contributed by atoms with Crippen LogP contribution in [0.5, 0.6) is 0 Å². The van der Waals surface area contributed by atoms with Crippen LogP contribution < -0.4 is 0 Å². The fourth-order valence-electron chi connectivity index (χ4n) is 1.65. The molecule has 1 aliphatic heterocycles. The van der Waals surface area contributed by atoms with Gasteiger partial charge in [0, 0.05) is 0 Å². The van der Waals surface area contributed by atoms with Crippen LogP contribution in [0.2, 0.25) is 0 Å². The van der Waals surface area contributed by atoms with E-state index in [1.807, 2.05) is 0 Å². The Balaban J connectivity index is 0.00000162. The maximum absolute atomic E-state index is 11.8. The van der Waals surface area contributed by atoms with Crippen LogP contribution in [0.25, 0.3) is 0 Å². The molecule has 1 atom stereocenters. The number of hydrogen-bond donors (Lipinski definition) is 0. The molecule has 0 fully saturated rings. The second-order valence-corrected chi connectivity index (χ2v) is 3.75. The van der Waals surface area contributed by atoms with E-state index in [9.17, 15) is 19.2 Å². The largest absolute Gasteiger partial charge is 0.303 e. The monoisotopic (exact) mass is 267 g/mol. The van der Waals surface area contributed by atoms with E-state index in [2.05, 4.69) is 0 Å². The van der Waals surface area contributed by atoms with E-state index in [-0.39, 0.29) is 23.5 Å². The first kappa shape index (κ1) is 14.1. The van der Waals surface area contributed by atoms with Gasteiger partial charge in [-0.1, -0.05) is 12.1 Å². The van der Waals surface area contributed by atoms with Crippen molar-refractivity contribution < 1.29 is 19.2 Å². The number of carbonyl (C=O) groups is 4. The smallest absolute Gasteiger partial charge is 0.268 e. The lowest BCUT2D eigenvalue weighted by Crippen LogP contribution is -2.39. The molecule has 5 nitrogen and oxygen atoms in total. The summed E-state index contributed by atoms with van der Waals surface area (Å²) < 4.78 is 0. The van der Waals surface area contributed by atoms with E-state index in [4.69, 9.17) is 0 Å². The van der Waals surface area contributed by atoms with Crippen LogP contribution in [0.1, 0.15) is 27.6 Å². The molecule has 0 bridgehead atoms. The van der Waals surface area contributed by atoms with Gasteiger partial charge in [-0.2, -0.15) is 0 Å². The third kappa shape index (κ3) is 1.93. The summed E-state index contributed by atoms with van der Waals surface area (Å²) in [6, 6.07) is 6.19. The molecule has 18 heavy (non-hydrogen) atoms. The van der Waals surface area contributed by atoms with Crippen molar-refractivity contribution in [1.29, 1.82) is 0 Å². The second-order valence-electron chi connectivity index (χ2n) is 3.75. The summed E-state index contributed by atoms with van der Waals surface area (Å²) in [5.74, 6) is -3.11. The summed E-state index contributed by atoms with van der Waals surface area (Å²) in [5.41, 5.74) is 0.396. The lowest BCUT2D eigenvalue weighted by atomic mass is 10.1. The average Bonchev–Trinajstić information content (AvgIpc) is 2.61. The van der Waals surface area contributed by atoms with E-state index in [0.29, 0.717) is 11.2 Å². The van der Waals surface area contributed by atoms with Crippen LogP contribution in [-0.4, -0.2) is 28.9 Å². The van der Waals surface area contributed by atoms with Crippen molar-refractivity contribution in [2.75, 3.05) is 0 Å². The second kappa shape index (κ2) is 5.10. The van der Waals surface area contributed by atoms with E-state index >= 15 is 0 Å². The molecule has 0 aliphatic carbocycles. The van der Waals surface area contributed by atoms with Gasteiger partial charge in [-0.05, 0) is 19.1 Å². The lowest BCUT2D eigenvalue weighted by Gasteiger charge is -2.13. The van der Waals surface area contributed by atoms with Crippen LogP contribution in [0, 0.1) is 5.92 Å². The topological polar surface area (TPSA) is 71.5 Å². The van der Waals surface area contributed by atoms with Crippen molar-refractivity contribution in [3.8, 4) is 0 Å². The molecular formula is C12H10ClNO4. The fraction of sp³-hybridized carbons (Fsp3) is 0.167. The standard InChI is InChI=1S/C12H9NO4.ClH/c1-7(6-14)10(15)13-11(16)8-4-2-3-5-9(8)12(13)17;/h2-7H,1H3;1H. The van der Waals surface area contributed by atoms with Crippen molar-refractivity contribution >= 4 is 36.4 Å². The maximum atomic E-state index is 11.8. The van der Waals surface area contributed by atoms with Crippen molar-refractivity contribution in [1.82, 2.24) is 4.90 Å². The Morgan fingerprint density at radius 3 is 2.00 bits per heavy atom. The summed E-state index contributed by atoms with van der Waals surface area (Å²) in [4.78, 5) is 46.4. The molecule has 1 heterocycles. The van der Waals surface area contributed by atoms with Gasteiger partial charge in [0.2, 0.25) is 5.91 Å². The van der Waals surface area contributed by atoms with Gasteiger partial charge in [0.1, 0.15) is 6.29 Å². The van der Waals surface area contributed by atoms with Crippen molar-refractivity contribution in [3.05, 3.63) is 35.4 Å². The quantitative estimate of drug-likeness (QED) is 0.456. The number of fused-ring (bicyclic) bond motifs is 1. The zero-order valence-corrected chi connectivity index (χ0v) is 10.3. The Kier molecular flexibility index (Phi) is 3.98. The fourth-order valence-corrected chi connectivity index (χ4v) is 1.65. The number of nitrogens with zero attached hydrogens (tertiary/aromatic N) is 1. The summed E-state index contributed by atoms with van der Waals surface area (Å²) >= 11 is 0. The molecule has 6 heteroatoms. The highest BCUT2D eigenvalue weighted by Crippen LogP contribution is 2.23. The number of rotatable bonds is 2. The molecular weight excluding hydrogens is 258 g/mol. The Hall–Kier alpha value is -2.01. The van der Waals surface area contributed by atoms with Gasteiger partial charge >= 0.3 is 0 Å². The minimum absolute atomic E-state index is 0. The van der Waals surface area contributed by atoms with E-state index in [0.717, 1.165) is 0 Å². The highest BCUT2D eigenvalue weighted by Gasteiger charge is 2.40. The summed E-state index contributed by atoms with van der Waals surface area (Å²) in [5, 5.41) is 0. The van der Waals surface area contributed by atoms with E-state index in [1.54, 1.807) is 12.1 Å². The summed E-state index contributed by atoms with van der Waals surface area (Å²) in [6.45, 7) is 1.35. The SMILES string of the molecule is CC(C=O)C(=O)N1C(=O)c2ccccc2C1=O.Cl. The van der Waals surface area contributed by atoms with Crippen LogP contribution in [-0.2, 0) is 9.59 Å². The predicted molar refractivity (Wildman–Crippen MR) is 64.4 cm³/mol. The Morgan fingerprint density at radius 2 is 1.61 bits per heavy atom. The van der Waals surface area contributed by atoms with Crippen molar-refractivity contribution in [2.45, 2.75) is 6.92 Å². The highest BCUT2D eigenvalue weighted by atomic mass is 35.5. The van der Waals surface area contributed by atoms with Crippen molar-refractivity contribution in [2.24, 2.45) is 5.92 Å². The molecule has 2 rings (SSSR count). The first-order valence-corrected chi connectivity index (χ1v) is 5.05. The first-order valence-electron chi connectivity index (χ1n) is 5.05. The molecule has 1 unspecified atom stereocenters. The molecule has 94 valence electrons. The zero-order valence-electron chi connectivity index (χ0n) is 9.45. The maximum Gasteiger partial charge on any atom is 0.268 e. The number of halogens is 1. The molecule has 0 saturated heterocycles. The first-order chi connectivity index (χ1) is 8.07. The summed E-state index contributed by atoms with van der Waals surface area (Å²) in [7, 11) is 0. The molecule has 1 aromatic carbocycles. The highest BCUT2D eigenvalue weighted by molar-refractivity contribution is 6.29. The Bertz CT molecular complexity index is 506. The van der Waals surface area contributed by atoms with E-state index in [1.165, 1.54) is 19.1 Å². The molecule has 0 radical (unpaired) electrons. The number of hydrogen-bond acceptors (Lipinski definition) is 4. The van der Waals surface area contributed by atoms with Gasteiger partial charge in [0.05, 0.1) is 17.0 Å². The zero-order chi connectivity index (χ0) is 12.6. The van der Waals surface area contributed by atoms with Gasteiger partial charge in [0.25, 0.3) is 11.8 Å². The van der Waals surface area contributed by atoms with Gasteiger partial charge in [-0.3, -0.25) is 14.4 Å². The molecule has 1 aromatic rings. The number of benzene rings is 1. The minimum Gasteiger partial charge on any atom is -0.303 e. The molecule has 1 aliphatic rings. The average molecular weight is 268 g/mol. The number of carbonyl (C=O) groups excluding carboxylic acids is 4. The third-order valence-corrected chi connectivity index (χ3v) is 2.61. The number of imide groups is 3. The van der Waals surface area contributed by atoms with Crippen molar-refractivity contribution in [3.63, 3.8) is 0 Å². The van der Waals surface area contributed by atoms with Crippen LogP contribution in [0.15, 0.2) is 24.3 Å². The van der Waals surface area contributed by atoms with E-state index < -0.39 is 23.6 Å². The third-order valence-electron chi connectivity index (χ3n) is 2.61. The normalized spacial score (nSPS) is 14.8. The van der Waals surface area contributed by atoms with Crippen LogP contribution in [0.4, 0.5) is 0 Å². The molecule has 3 amide bonds. The van der Waals surface area contributed by atoms with Gasteiger partial charge in [-0.25, -0.2) is 4.90 Å². The van der Waals surface area contributed by atoms with Gasteiger partial charge < -0.3 is 4.79 Å². The minimum atomic E-state index is -1.00. The predicted octanol–water partition coefficient (Wildman–Crippen LogP) is 1.07. The Labute approximate surface area is 109 Å². The Morgan fingerprint density at radius 1 is 1.17 bits per heavy atom. The summed E-state index contributed by atoms with van der Waals surface area (Å²) in [6.07, 6.45) is 0.409. The van der Waals surface area contributed by atoms with Gasteiger partial charge in [-0.15, -0.1) is 12.4 Å². The molecule has 0 N–H and O–H groups in total. The van der Waals surface area contributed by atoms with Crippen LogP contribution in [0.3, 0.4) is 0 Å². The van der Waals surface area contributed by atoms with Crippen LogP contribution >= 0.6 is 12.4 Å².